The van der Waals surface area contributed by atoms with Gasteiger partial charge in [-0.15, -0.1) is 0 Å². The van der Waals surface area contributed by atoms with Crippen molar-refractivity contribution in [1.29, 1.82) is 0 Å². The van der Waals surface area contributed by atoms with Crippen molar-refractivity contribution < 1.29 is 14.2 Å². The lowest BCUT2D eigenvalue weighted by Gasteiger charge is -2.31. The number of nitrogens with one attached hydrogen (secondary N) is 1. The molecule has 1 saturated heterocycles. The summed E-state index contributed by atoms with van der Waals surface area (Å²) in [7, 11) is 2.07. The summed E-state index contributed by atoms with van der Waals surface area (Å²) in [6.45, 7) is 5.18. The number of likely N-dealkylation sites (N-methyl/N-ethyl adjacent to an activating group) is 1. The van der Waals surface area contributed by atoms with Gasteiger partial charge in [-0.1, -0.05) is 6.07 Å². The maximum Gasteiger partial charge on any atom is 0.131 e. The predicted molar refractivity (Wildman–Crippen MR) is 71.7 cm³/mol. The maximum absolute atomic E-state index is 13.7. The number of morpholine rings is 1. The molecule has 1 aromatic rings. The van der Waals surface area contributed by atoms with Gasteiger partial charge in [0.15, 0.2) is 0 Å². The Balaban J connectivity index is 1.88. The van der Waals surface area contributed by atoms with Crippen LogP contribution in [0.25, 0.3) is 0 Å². The van der Waals surface area contributed by atoms with Gasteiger partial charge in [0.05, 0.1) is 12.7 Å². The lowest BCUT2D eigenvalue weighted by Crippen LogP contribution is -2.45. The fraction of sp³-hybridized carbons (Fsp3) is 0.571. The lowest BCUT2D eigenvalue weighted by atomic mass is 10.1. The number of nitrogens with zero attached hydrogens (tertiary/aromatic N) is 1. The first-order chi connectivity index (χ1) is 9.06. The molecule has 19 heavy (non-hydrogen) atoms. The van der Waals surface area contributed by atoms with Gasteiger partial charge in [0.25, 0.3) is 0 Å². The molecular weight excluding hydrogens is 247 g/mol. The third-order valence-electron chi connectivity index (χ3n) is 3.44. The Kier molecular flexibility index (Phi) is 4.74. The minimum atomic E-state index is -0.387. The van der Waals surface area contributed by atoms with Crippen molar-refractivity contribution in [2.24, 2.45) is 0 Å². The summed E-state index contributed by atoms with van der Waals surface area (Å²) in [5.41, 5.74) is 0.557. The molecule has 4 nitrogen and oxygen atoms in total. The van der Waals surface area contributed by atoms with E-state index in [-0.39, 0.29) is 23.7 Å². The maximum atomic E-state index is 13.7. The average Bonchev–Trinajstić information content (AvgIpc) is 2.36. The Labute approximate surface area is 113 Å². The molecule has 0 amide bonds. The third-order valence-corrected chi connectivity index (χ3v) is 3.44. The molecule has 0 spiro atoms. The van der Waals surface area contributed by atoms with Crippen LogP contribution in [0, 0.1) is 5.82 Å². The number of benzene rings is 1. The topological polar surface area (TPSA) is 44.7 Å². The van der Waals surface area contributed by atoms with Crippen LogP contribution in [0.15, 0.2) is 18.2 Å². The van der Waals surface area contributed by atoms with Crippen LogP contribution in [-0.4, -0.2) is 49.4 Å². The van der Waals surface area contributed by atoms with Gasteiger partial charge in [0.2, 0.25) is 0 Å². The molecule has 106 valence electrons. The number of phenols is 1. The van der Waals surface area contributed by atoms with Crippen molar-refractivity contribution in [3.63, 3.8) is 0 Å². The zero-order valence-corrected chi connectivity index (χ0v) is 11.4. The third kappa shape index (κ3) is 3.89. The molecule has 2 rings (SSSR count). The van der Waals surface area contributed by atoms with Crippen LogP contribution >= 0.6 is 0 Å². The van der Waals surface area contributed by atoms with Crippen LogP contribution < -0.4 is 5.32 Å². The summed E-state index contributed by atoms with van der Waals surface area (Å²) < 4.78 is 19.3. The predicted octanol–water partition coefficient (Wildman–Crippen LogP) is 1.51. The van der Waals surface area contributed by atoms with E-state index in [1.807, 2.05) is 6.92 Å². The number of hydrogen-bond acceptors (Lipinski definition) is 4. The van der Waals surface area contributed by atoms with Crippen LogP contribution in [0.2, 0.25) is 0 Å². The van der Waals surface area contributed by atoms with Crippen LogP contribution in [0.5, 0.6) is 5.75 Å². The van der Waals surface area contributed by atoms with Gasteiger partial charge in [-0.25, -0.2) is 4.39 Å². The van der Waals surface area contributed by atoms with Gasteiger partial charge in [0.1, 0.15) is 11.6 Å². The minimum absolute atomic E-state index is 0.0503. The molecule has 2 N–H and O–H groups in total. The Morgan fingerprint density at radius 3 is 3.05 bits per heavy atom. The van der Waals surface area contributed by atoms with Gasteiger partial charge in [0, 0.05) is 37.3 Å². The molecule has 5 heteroatoms. The van der Waals surface area contributed by atoms with E-state index in [0.717, 1.165) is 25.8 Å². The van der Waals surface area contributed by atoms with Crippen molar-refractivity contribution in [1.82, 2.24) is 10.2 Å². The fourth-order valence-corrected chi connectivity index (χ4v) is 2.28. The monoisotopic (exact) mass is 268 g/mol. The first-order valence-electron chi connectivity index (χ1n) is 6.58. The van der Waals surface area contributed by atoms with Gasteiger partial charge >= 0.3 is 0 Å². The van der Waals surface area contributed by atoms with Crippen LogP contribution in [0.4, 0.5) is 4.39 Å². The highest BCUT2D eigenvalue weighted by Gasteiger charge is 2.19. The normalized spacial score (nSPS) is 22.4. The van der Waals surface area contributed by atoms with E-state index in [1.54, 1.807) is 6.07 Å². The number of halogens is 1. The van der Waals surface area contributed by atoms with E-state index in [0.29, 0.717) is 12.1 Å². The van der Waals surface area contributed by atoms with E-state index >= 15 is 0 Å². The summed E-state index contributed by atoms with van der Waals surface area (Å²) in [6, 6.07) is 4.13. The van der Waals surface area contributed by atoms with Crippen LogP contribution in [0.1, 0.15) is 18.5 Å². The lowest BCUT2D eigenvalue weighted by molar-refractivity contribution is -0.0191. The second-order valence-corrected chi connectivity index (χ2v) is 5.09. The van der Waals surface area contributed by atoms with Gasteiger partial charge in [-0.05, 0) is 20.0 Å². The van der Waals surface area contributed by atoms with Crippen LogP contribution in [-0.2, 0) is 4.74 Å². The van der Waals surface area contributed by atoms with E-state index in [9.17, 15) is 9.50 Å². The van der Waals surface area contributed by atoms with E-state index in [2.05, 4.69) is 17.3 Å². The molecular formula is C14H21FN2O2. The Morgan fingerprint density at radius 2 is 2.37 bits per heavy atom. The number of ether oxygens (including phenoxy) is 1. The second-order valence-electron chi connectivity index (χ2n) is 5.09. The zero-order valence-electron chi connectivity index (χ0n) is 11.4. The molecule has 2 unspecified atom stereocenters. The first-order valence-corrected chi connectivity index (χ1v) is 6.58. The summed E-state index contributed by atoms with van der Waals surface area (Å²) in [5, 5.41) is 12.5. The molecule has 1 aromatic carbocycles. The highest BCUT2D eigenvalue weighted by Crippen LogP contribution is 2.21. The van der Waals surface area contributed by atoms with Crippen molar-refractivity contribution in [2.75, 3.05) is 33.3 Å². The number of phenolic OH excluding ortho intramolecular Hbond substituents is 1. The molecule has 1 fully saturated rings. The van der Waals surface area contributed by atoms with E-state index < -0.39 is 0 Å². The second kappa shape index (κ2) is 6.32. The largest absolute Gasteiger partial charge is 0.508 e. The van der Waals surface area contributed by atoms with E-state index in [1.165, 1.54) is 6.07 Å². The smallest absolute Gasteiger partial charge is 0.131 e. The number of aromatic hydroxyl groups is 1. The minimum Gasteiger partial charge on any atom is -0.508 e. The number of rotatable bonds is 4. The molecule has 1 heterocycles. The average molecular weight is 268 g/mol. The Morgan fingerprint density at radius 1 is 1.58 bits per heavy atom. The molecule has 1 aliphatic rings. The van der Waals surface area contributed by atoms with Gasteiger partial charge in [-0.2, -0.15) is 0 Å². The van der Waals surface area contributed by atoms with Crippen molar-refractivity contribution in [2.45, 2.75) is 19.1 Å². The highest BCUT2D eigenvalue weighted by atomic mass is 19.1. The van der Waals surface area contributed by atoms with Gasteiger partial charge in [-0.3, -0.25) is 0 Å². The molecule has 2 atom stereocenters. The molecule has 0 saturated carbocycles. The summed E-state index contributed by atoms with van der Waals surface area (Å²) in [6.07, 6.45) is 0.140. The molecule has 0 bridgehead atoms. The Hall–Kier alpha value is -1.17. The summed E-state index contributed by atoms with van der Waals surface area (Å²) in [5.74, 6) is -0.438. The summed E-state index contributed by atoms with van der Waals surface area (Å²) >= 11 is 0. The zero-order chi connectivity index (χ0) is 13.8. The standard InChI is InChI=1S/C14H21FN2O2/c1-10(13-4-3-11(18)7-14(13)15)16-8-12-9-17(2)5-6-19-12/h3-4,7,10,12,16,18H,5-6,8-9H2,1-2H3. The molecule has 1 aliphatic heterocycles. The van der Waals surface area contributed by atoms with Crippen LogP contribution in [0.3, 0.4) is 0 Å². The van der Waals surface area contributed by atoms with Crippen molar-refractivity contribution in [3.8, 4) is 5.75 Å². The Bertz CT molecular complexity index is 428. The fourth-order valence-electron chi connectivity index (χ4n) is 2.28. The first kappa shape index (κ1) is 14.2. The molecule has 0 radical (unpaired) electrons. The molecule has 0 aromatic heterocycles. The highest BCUT2D eigenvalue weighted by molar-refractivity contribution is 5.29. The SMILES string of the molecule is CC(NCC1CN(C)CCO1)c1ccc(O)cc1F. The summed E-state index contributed by atoms with van der Waals surface area (Å²) in [4.78, 5) is 2.22. The van der Waals surface area contributed by atoms with Crippen molar-refractivity contribution >= 4 is 0 Å². The van der Waals surface area contributed by atoms with Gasteiger partial charge < -0.3 is 20.1 Å². The van der Waals surface area contributed by atoms with E-state index in [4.69, 9.17) is 4.74 Å². The van der Waals surface area contributed by atoms with Crippen molar-refractivity contribution in [3.05, 3.63) is 29.6 Å². The molecule has 0 aliphatic carbocycles. The quantitative estimate of drug-likeness (QED) is 0.869. The number of hydrogen-bond donors (Lipinski definition) is 2.